The van der Waals surface area contributed by atoms with Gasteiger partial charge in [-0.1, -0.05) is 0 Å². The van der Waals surface area contributed by atoms with E-state index in [4.69, 9.17) is 16.3 Å². The van der Waals surface area contributed by atoms with E-state index in [2.05, 4.69) is 20.3 Å². The Morgan fingerprint density at radius 3 is 2.75 bits per heavy atom. The van der Waals surface area contributed by atoms with Crippen LogP contribution >= 0.6 is 11.6 Å². The average Bonchev–Trinajstić information content (AvgIpc) is 2.47. The van der Waals surface area contributed by atoms with Gasteiger partial charge in [-0.2, -0.15) is 15.0 Å². The third-order valence-corrected chi connectivity index (χ3v) is 3.27. The first kappa shape index (κ1) is 14.8. The number of anilines is 1. The van der Waals surface area contributed by atoms with Crippen molar-refractivity contribution in [3.05, 3.63) is 5.28 Å². The summed E-state index contributed by atoms with van der Waals surface area (Å²) in [6.45, 7) is 2.19. The monoisotopic (exact) mass is 299 g/mol. The van der Waals surface area contributed by atoms with Crippen molar-refractivity contribution in [1.29, 1.82) is 0 Å². The minimum absolute atomic E-state index is 0.0571. The molecule has 1 aliphatic heterocycles. The predicted octanol–water partition coefficient (Wildman–Crippen LogP) is 1.35. The molecule has 20 heavy (non-hydrogen) atoms. The number of ether oxygens (including phenoxy) is 1. The number of nitrogens with zero attached hydrogens (tertiary/aromatic N) is 4. The van der Waals surface area contributed by atoms with Gasteiger partial charge >= 0.3 is 6.01 Å². The average molecular weight is 300 g/mol. The van der Waals surface area contributed by atoms with Gasteiger partial charge in [0.1, 0.15) is 0 Å². The van der Waals surface area contributed by atoms with Gasteiger partial charge in [0.05, 0.1) is 7.11 Å². The Labute approximate surface area is 122 Å². The topological polar surface area (TPSA) is 80.2 Å². The zero-order valence-electron chi connectivity index (χ0n) is 11.4. The second-order valence-electron chi connectivity index (χ2n) is 4.53. The number of aromatic nitrogens is 3. The second-order valence-corrected chi connectivity index (χ2v) is 4.87. The molecule has 0 atom stereocenters. The Kier molecular flexibility index (Phi) is 5.34. The van der Waals surface area contributed by atoms with Crippen LogP contribution in [0.4, 0.5) is 5.95 Å². The maximum atomic E-state index is 12.0. The van der Waals surface area contributed by atoms with Crippen LogP contribution in [0.1, 0.15) is 25.7 Å². The normalized spacial score (nSPS) is 15.0. The summed E-state index contributed by atoms with van der Waals surface area (Å²) in [6, 6.07) is 0.148. The Morgan fingerprint density at radius 2 is 2.05 bits per heavy atom. The lowest BCUT2D eigenvalue weighted by atomic mass is 10.1. The van der Waals surface area contributed by atoms with Crippen molar-refractivity contribution in [3.8, 4) is 6.01 Å². The molecule has 1 saturated heterocycles. The lowest BCUT2D eigenvalue weighted by molar-refractivity contribution is -0.131. The van der Waals surface area contributed by atoms with E-state index >= 15 is 0 Å². The fourth-order valence-corrected chi connectivity index (χ4v) is 2.24. The molecule has 0 spiro atoms. The maximum Gasteiger partial charge on any atom is 0.322 e. The second kappa shape index (κ2) is 7.23. The standard InChI is InChI=1S/C12H18ClN5O2/c1-20-12-16-10(13)15-11(17-12)14-6-5-9(19)18-7-3-2-4-8-18/h2-8H2,1H3,(H,14,15,16,17). The van der Waals surface area contributed by atoms with Crippen LogP contribution in [0.2, 0.25) is 5.28 Å². The number of carbonyl (C=O) groups is 1. The molecule has 1 aromatic heterocycles. The number of methoxy groups -OCH3 is 1. The van der Waals surface area contributed by atoms with Crippen molar-refractivity contribution < 1.29 is 9.53 Å². The van der Waals surface area contributed by atoms with Crippen molar-refractivity contribution in [2.75, 3.05) is 32.1 Å². The quantitative estimate of drug-likeness (QED) is 0.884. The van der Waals surface area contributed by atoms with Gasteiger partial charge in [0.15, 0.2) is 0 Å². The van der Waals surface area contributed by atoms with Gasteiger partial charge in [-0.15, -0.1) is 0 Å². The summed E-state index contributed by atoms with van der Waals surface area (Å²) in [5, 5.41) is 3.01. The molecule has 1 amide bonds. The number of hydrogen-bond acceptors (Lipinski definition) is 6. The van der Waals surface area contributed by atoms with Crippen LogP contribution in [0.15, 0.2) is 0 Å². The zero-order chi connectivity index (χ0) is 14.4. The molecule has 2 rings (SSSR count). The molecule has 0 unspecified atom stereocenters. The predicted molar refractivity (Wildman–Crippen MR) is 74.9 cm³/mol. The maximum absolute atomic E-state index is 12.0. The zero-order valence-corrected chi connectivity index (χ0v) is 12.2. The number of rotatable bonds is 5. The van der Waals surface area contributed by atoms with Crippen LogP contribution < -0.4 is 10.1 Å². The SMILES string of the molecule is COc1nc(Cl)nc(NCCC(=O)N2CCCCC2)n1. The number of amides is 1. The van der Waals surface area contributed by atoms with Crippen LogP contribution in [-0.4, -0.2) is 52.5 Å². The summed E-state index contributed by atoms with van der Waals surface area (Å²) in [5.41, 5.74) is 0. The molecule has 1 fully saturated rings. The lowest BCUT2D eigenvalue weighted by Gasteiger charge is -2.26. The van der Waals surface area contributed by atoms with E-state index < -0.39 is 0 Å². The Balaban J connectivity index is 1.80. The van der Waals surface area contributed by atoms with Crippen LogP contribution in [0.3, 0.4) is 0 Å². The molecule has 110 valence electrons. The number of nitrogens with one attached hydrogen (secondary N) is 1. The van der Waals surface area contributed by atoms with E-state index in [1.807, 2.05) is 4.90 Å². The van der Waals surface area contributed by atoms with E-state index in [0.717, 1.165) is 25.9 Å². The third-order valence-electron chi connectivity index (χ3n) is 3.10. The Bertz CT molecular complexity index is 465. The summed E-state index contributed by atoms with van der Waals surface area (Å²) in [7, 11) is 1.45. The van der Waals surface area contributed by atoms with Crippen LogP contribution in [0, 0.1) is 0 Å². The first-order valence-corrected chi connectivity index (χ1v) is 7.04. The number of hydrogen-bond donors (Lipinski definition) is 1. The summed E-state index contributed by atoms with van der Waals surface area (Å²) in [4.78, 5) is 25.6. The molecule has 1 N–H and O–H groups in total. The van der Waals surface area contributed by atoms with Gasteiger partial charge in [-0.25, -0.2) is 0 Å². The summed E-state index contributed by atoms with van der Waals surface area (Å²) >= 11 is 5.73. The van der Waals surface area contributed by atoms with E-state index in [0.29, 0.717) is 18.9 Å². The van der Waals surface area contributed by atoms with E-state index in [9.17, 15) is 4.79 Å². The Morgan fingerprint density at radius 1 is 1.30 bits per heavy atom. The van der Waals surface area contributed by atoms with E-state index in [1.165, 1.54) is 13.5 Å². The van der Waals surface area contributed by atoms with Crippen molar-refractivity contribution in [2.24, 2.45) is 0 Å². The molecule has 0 bridgehead atoms. The van der Waals surface area contributed by atoms with Crippen molar-refractivity contribution in [2.45, 2.75) is 25.7 Å². The molecule has 0 radical (unpaired) electrons. The number of halogens is 1. The van der Waals surface area contributed by atoms with Crippen molar-refractivity contribution in [1.82, 2.24) is 19.9 Å². The highest BCUT2D eigenvalue weighted by Crippen LogP contribution is 2.12. The summed E-state index contributed by atoms with van der Waals surface area (Å²) < 4.78 is 4.90. The van der Waals surface area contributed by atoms with Gasteiger partial charge < -0.3 is 15.0 Å². The van der Waals surface area contributed by atoms with Gasteiger partial charge in [-0.05, 0) is 30.9 Å². The molecule has 1 aromatic rings. The van der Waals surface area contributed by atoms with Crippen molar-refractivity contribution in [3.63, 3.8) is 0 Å². The first-order chi connectivity index (χ1) is 9.69. The molecule has 2 heterocycles. The minimum Gasteiger partial charge on any atom is -0.467 e. The summed E-state index contributed by atoms with van der Waals surface area (Å²) in [5.74, 6) is 0.470. The van der Waals surface area contributed by atoms with Gasteiger partial charge in [0.25, 0.3) is 0 Å². The van der Waals surface area contributed by atoms with Crippen LogP contribution in [-0.2, 0) is 4.79 Å². The largest absolute Gasteiger partial charge is 0.467 e. The van der Waals surface area contributed by atoms with E-state index in [1.54, 1.807) is 0 Å². The highest BCUT2D eigenvalue weighted by Gasteiger charge is 2.16. The molecule has 0 aromatic carbocycles. The smallest absolute Gasteiger partial charge is 0.322 e. The molecular weight excluding hydrogens is 282 g/mol. The minimum atomic E-state index is 0.0571. The molecule has 0 aliphatic carbocycles. The molecule has 1 aliphatic rings. The first-order valence-electron chi connectivity index (χ1n) is 6.66. The number of likely N-dealkylation sites (tertiary alicyclic amines) is 1. The molecular formula is C12H18ClN5O2. The number of carbonyl (C=O) groups excluding carboxylic acids is 1. The van der Waals surface area contributed by atoms with Crippen LogP contribution in [0.25, 0.3) is 0 Å². The van der Waals surface area contributed by atoms with Gasteiger partial charge in [-0.3, -0.25) is 4.79 Å². The van der Waals surface area contributed by atoms with E-state index in [-0.39, 0.29) is 17.2 Å². The lowest BCUT2D eigenvalue weighted by Crippen LogP contribution is -2.36. The molecule has 8 heteroatoms. The Hall–Kier alpha value is -1.63. The molecule has 0 saturated carbocycles. The van der Waals surface area contributed by atoms with Crippen LogP contribution in [0.5, 0.6) is 6.01 Å². The highest BCUT2D eigenvalue weighted by atomic mass is 35.5. The van der Waals surface area contributed by atoms with Crippen molar-refractivity contribution >= 4 is 23.5 Å². The number of piperidine rings is 1. The highest BCUT2D eigenvalue weighted by molar-refractivity contribution is 6.28. The van der Waals surface area contributed by atoms with Gasteiger partial charge in [0, 0.05) is 26.1 Å². The van der Waals surface area contributed by atoms with Gasteiger partial charge in [0.2, 0.25) is 17.1 Å². The molecule has 7 nitrogen and oxygen atoms in total. The fourth-order valence-electron chi connectivity index (χ4n) is 2.08. The third kappa shape index (κ3) is 4.19. The summed E-state index contributed by atoms with van der Waals surface area (Å²) in [6.07, 6.45) is 3.82. The fraction of sp³-hybridized carbons (Fsp3) is 0.667.